The molecular formula is C19H33IN4O3S. The van der Waals surface area contributed by atoms with Crippen molar-refractivity contribution >= 4 is 40.0 Å². The van der Waals surface area contributed by atoms with Gasteiger partial charge in [-0.3, -0.25) is 4.99 Å². The molecule has 0 aromatic heterocycles. The molecule has 1 aromatic carbocycles. The first-order valence-corrected chi connectivity index (χ1v) is 11.2. The molecule has 1 saturated heterocycles. The molecular weight excluding hydrogens is 491 g/mol. The second kappa shape index (κ2) is 11.8. The Labute approximate surface area is 186 Å². The molecule has 0 radical (unpaired) electrons. The molecule has 0 unspecified atom stereocenters. The van der Waals surface area contributed by atoms with Crippen LogP contribution in [0.25, 0.3) is 0 Å². The predicted octanol–water partition coefficient (Wildman–Crippen LogP) is 2.17. The number of halogens is 1. The SMILES string of the molecule is CN=C(NCC1CCN(S(C)(=O)=O)CC1)N(C)CCOc1ccccc1C.I. The summed E-state index contributed by atoms with van der Waals surface area (Å²) in [6, 6.07) is 7.99. The van der Waals surface area contributed by atoms with Crippen molar-refractivity contribution in [1.82, 2.24) is 14.5 Å². The molecule has 1 heterocycles. The molecule has 9 heteroatoms. The highest BCUT2D eigenvalue weighted by Crippen LogP contribution is 2.18. The normalized spacial score (nSPS) is 16.4. The number of aryl methyl sites for hydroxylation is 1. The average molecular weight is 524 g/mol. The lowest BCUT2D eigenvalue weighted by Crippen LogP contribution is -2.45. The third-order valence-corrected chi connectivity index (χ3v) is 6.25. The molecule has 0 amide bonds. The van der Waals surface area contributed by atoms with E-state index in [1.807, 2.05) is 43.1 Å². The van der Waals surface area contributed by atoms with E-state index >= 15 is 0 Å². The maximum Gasteiger partial charge on any atom is 0.211 e. The van der Waals surface area contributed by atoms with Crippen molar-refractivity contribution in [1.29, 1.82) is 0 Å². The highest BCUT2D eigenvalue weighted by molar-refractivity contribution is 14.0. The zero-order chi connectivity index (χ0) is 19.9. The Morgan fingerprint density at radius 1 is 1.32 bits per heavy atom. The van der Waals surface area contributed by atoms with E-state index in [-0.39, 0.29) is 24.0 Å². The Morgan fingerprint density at radius 2 is 1.96 bits per heavy atom. The van der Waals surface area contributed by atoms with Gasteiger partial charge in [-0.1, -0.05) is 18.2 Å². The minimum Gasteiger partial charge on any atom is -0.491 e. The number of guanidine groups is 1. The molecule has 1 aliphatic heterocycles. The quantitative estimate of drug-likeness (QED) is 0.336. The molecule has 0 spiro atoms. The van der Waals surface area contributed by atoms with Crippen LogP contribution in [0, 0.1) is 12.8 Å². The van der Waals surface area contributed by atoms with E-state index in [1.165, 1.54) is 6.26 Å². The van der Waals surface area contributed by atoms with Crippen LogP contribution in [0.4, 0.5) is 0 Å². The van der Waals surface area contributed by atoms with Gasteiger partial charge in [-0.05, 0) is 37.3 Å². The molecule has 1 aromatic rings. The maximum absolute atomic E-state index is 11.6. The summed E-state index contributed by atoms with van der Waals surface area (Å²) in [6.45, 7) is 5.34. The largest absolute Gasteiger partial charge is 0.491 e. The number of ether oxygens (including phenoxy) is 1. The van der Waals surface area contributed by atoms with Crippen molar-refractivity contribution in [3.63, 3.8) is 0 Å². The van der Waals surface area contributed by atoms with Crippen LogP contribution in [-0.4, -0.2) is 76.7 Å². The number of aliphatic imine (C=N–C) groups is 1. The number of sulfonamides is 1. The first kappa shape index (κ1) is 25.0. The number of rotatable bonds is 7. The fourth-order valence-corrected chi connectivity index (χ4v) is 4.06. The number of likely N-dealkylation sites (N-methyl/N-ethyl adjacent to an activating group) is 1. The number of hydrogen-bond donors (Lipinski definition) is 1. The number of benzene rings is 1. The molecule has 28 heavy (non-hydrogen) atoms. The Bertz CT molecular complexity index is 734. The highest BCUT2D eigenvalue weighted by atomic mass is 127. The fraction of sp³-hybridized carbons (Fsp3) is 0.632. The zero-order valence-corrected chi connectivity index (χ0v) is 20.4. The van der Waals surface area contributed by atoms with Crippen molar-refractivity contribution in [2.45, 2.75) is 19.8 Å². The van der Waals surface area contributed by atoms with Gasteiger partial charge < -0.3 is 15.0 Å². The van der Waals surface area contributed by atoms with E-state index in [0.717, 1.165) is 43.2 Å². The average Bonchev–Trinajstić information content (AvgIpc) is 2.63. The third-order valence-electron chi connectivity index (χ3n) is 4.94. The third kappa shape index (κ3) is 7.75. The fourth-order valence-electron chi connectivity index (χ4n) is 3.18. The van der Waals surface area contributed by atoms with Crippen LogP contribution in [0.2, 0.25) is 0 Å². The molecule has 1 fully saturated rings. The zero-order valence-electron chi connectivity index (χ0n) is 17.2. The second-order valence-corrected chi connectivity index (χ2v) is 9.05. The summed E-state index contributed by atoms with van der Waals surface area (Å²) in [7, 11) is 0.692. The first-order chi connectivity index (χ1) is 12.8. The number of hydrogen-bond acceptors (Lipinski definition) is 4. The Hall–Kier alpha value is -1.07. The van der Waals surface area contributed by atoms with Gasteiger partial charge in [0.15, 0.2) is 5.96 Å². The standard InChI is InChI=1S/C19H32N4O3S.HI/c1-16-7-5-6-8-18(16)26-14-13-22(3)19(20-2)21-15-17-9-11-23(12-10-17)27(4,24)25;/h5-8,17H,9-15H2,1-4H3,(H,20,21);1H. The molecule has 2 rings (SSSR count). The molecule has 0 saturated carbocycles. The van der Waals surface area contributed by atoms with Gasteiger partial charge in [0, 0.05) is 33.7 Å². The van der Waals surface area contributed by atoms with Crippen molar-refractivity contribution in [2.24, 2.45) is 10.9 Å². The summed E-state index contributed by atoms with van der Waals surface area (Å²) < 4.78 is 30.6. The van der Waals surface area contributed by atoms with Gasteiger partial charge in [0.2, 0.25) is 10.0 Å². The van der Waals surface area contributed by atoms with Crippen molar-refractivity contribution in [3.8, 4) is 5.75 Å². The Kier molecular flexibility index (Phi) is 10.5. The topological polar surface area (TPSA) is 74.2 Å². The van der Waals surface area contributed by atoms with E-state index < -0.39 is 10.0 Å². The van der Waals surface area contributed by atoms with Crippen LogP contribution in [-0.2, 0) is 10.0 Å². The minimum atomic E-state index is -3.07. The summed E-state index contributed by atoms with van der Waals surface area (Å²) in [4.78, 5) is 6.38. The van der Waals surface area contributed by atoms with Crippen molar-refractivity contribution < 1.29 is 13.2 Å². The molecule has 0 atom stereocenters. The lowest BCUT2D eigenvalue weighted by molar-refractivity contribution is 0.267. The van der Waals surface area contributed by atoms with Crippen LogP contribution in [0.1, 0.15) is 18.4 Å². The van der Waals surface area contributed by atoms with E-state index in [9.17, 15) is 8.42 Å². The van der Waals surface area contributed by atoms with E-state index in [4.69, 9.17) is 4.74 Å². The van der Waals surface area contributed by atoms with Gasteiger partial charge >= 0.3 is 0 Å². The number of piperidine rings is 1. The second-order valence-electron chi connectivity index (χ2n) is 7.07. The van der Waals surface area contributed by atoms with Gasteiger partial charge in [0.1, 0.15) is 12.4 Å². The lowest BCUT2D eigenvalue weighted by Gasteiger charge is -2.31. The van der Waals surface area contributed by atoms with Crippen molar-refractivity contribution in [3.05, 3.63) is 29.8 Å². The predicted molar refractivity (Wildman–Crippen MR) is 125 cm³/mol. The lowest BCUT2D eigenvalue weighted by atomic mass is 9.98. The van der Waals surface area contributed by atoms with E-state index in [0.29, 0.717) is 25.6 Å². The van der Waals surface area contributed by atoms with Crippen LogP contribution in [0.15, 0.2) is 29.3 Å². The first-order valence-electron chi connectivity index (χ1n) is 9.36. The number of para-hydroxylation sites is 1. The molecule has 7 nitrogen and oxygen atoms in total. The molecule has 0 aliphatic carbocycles. The van der Waals surface area contributed by atoms with Crippen molar-refractivity contribution in [2.75, 3.05) is 53.1 Å². The summed E-state index contributed by atoms with van der Waals surface area (Å²) in [6.07, 6.45) is 3.02. The monoisotopic (exact) mass is 524 g/mol. The minimum absolute atomic E-state index is 0. The van der Waals surface area contributed by atoms with Crippen LogP contribution in [0.3, 0.4) is 0 Å². The highest BCUT2D eigenvalue weighted by Gasteiger charge is 2.25. The summed E-state index contributed by atoms with van der Waals surface area (Å²) >= 11 is 0. The summed E-state index contributed by atoms with van der Waals surface area (Å²) in [5, 5.41) is 3.40. The Balaban J connectivity index is 0.00000392. The van der Waals surface area contributed by atoms with Crippen LogP contribution >= 0.6 is 24.0 Å². The molecule has 1 aliphatic rings. The van der Waals surface area contributed by atoms with E-state index in [1.54, 1.807) is 11.4 Å². The molecule has 0 bridgehead atoms. The summed E-state index contributed by atoms with van der Waals surface area (Å²) in [5.74, 6) is 2.19. The Morgan fingerprint density at radius 3 is 2.54 bits per heavy atom. The smallest absolute Gasteiger partial charge is 0.211 e. The van der Waals surface area contributed by atoms with Gasteiger partial charge in [0.25, 0.3) is 0 Å². The van der Waals surface area contributed by atoms with Gasteiger partial charge in [-0.25, -0.2) is 12.7 Å². The number of nitrogens with one attached hydrogen (secondary N) is 1. The van der Waals surface area contributed by atoms with Gasteiger partial charge in [-0.2, -0.15) is 0 Å². The summed E-state index contributed by atoms with van der Waals surface area (Å²) in [5.41, 5.74) is 1.13. The number of nitrogens with zero attached hydrogens (tertiary/aromatic N) is 3. The van der Waals surface area contributed by atoms with Gasteiger partial charge in [-0.15, -0.1) is 24.0 Å². The van der Waals surface area contributed by atoms with Crippen LogP contribution in [0.5, 0.6) is 5.75 Å². The maximum atomic E-state index is 11.6. The van der Waals surface area contributed by atoms with Gasteiger partial charge in [0.05, 0.1) is 12.8 Å². The van der Waals surface area contributed by atoms with E-state index in [2.05, 4.69) is 10.3 Å². The molecule has 160 valence electrons. The molecule has 1 N–H and O–H groups in total. The van der Waals surface area contributed by atoms with Crippen LogP contribution < -0.4 is 10.1 Å².